The molecular weight excluding hydrogens is 258 g/mol. The lowest BCUT2D eigenvalue weighted by molar-refractivity contribution is 0.474. The molecule has 0 saturated heterocycles. The lowest BCUT2D eigenvalue weighted by Gasteiger charge is -2.07. The van der Waals surface area contributed by atoms with Crippen LogP contribution in [0.2, 0.25) is 0 Å². The van der Waals surface area contributed by atoms with Crippen LogP contribution in [-0.2, 0) is 0 Å². The van der Waals surface area contributed by atoms with Crippen molar-refractivity contribution in [2.75, 3.05) is 0 Å². The highest BCUT2D eigenvalue weighted by molar-refractivity contribution is 6.02. The van der Waals surface area contributed by atoms with Crippen molar-refractivity contribution in [3.05, 3.63) is 66.4 Å². The molecule has 0 fully saturated rings. The number of fused-ring (bicyclic) bond motifs is 1. The van der Waals surface area contributed by atoms with Crippen LogP contribution in [0.1, 0.15) is 29.3 Å². The van der Waals surface area contributed by atoms with Gasteiger partial charge in [0.15, 0.2) is 0 Å². The van der Waals surface area contributed by atoms with Gasteiger partial charge >= 0.3 is 0 Å². The predicted octanol–water partition coefficient (Wildman–Crippen LogP) is 5.39. The van der Waals surface area contributed by atoms with Crippen molar-refractivity contribution in [3.63, 3.8) is 0 Å². The fourth-order valence-electron chi connectivity index (χ4n) is 2.49. The van der Waals surface area contributed by atoms with Crippen LogP contribution in [0.25, 0.3) is 35.2 Å². The second kappa shape index (κ2) is 6.14. The first-order chi connectivity index (χ1) is 10.2. The number of rotatable bonds is 5. The molecule has 21 heavy (non-hydrogen) atoms. The molecule has 0 spiro atoms. The predicted molar refractivity (Wildman–Crippen MR) is 94.1 cm³/mol. The van der Waals surface area contributed by atoms with Gasteiger partial charge in [-0.3, -0.25) is 0 Å². The molecule has 0 unspecified atom stereocenters. The van der Waals surface area contributed by atoms with Crippen molar-refractivity contribution in [3.8, 4) is 5.75 Å². The molecule has 1 aromatic carbocycles. The first kappa shape index (κ1) is 14.7. The third-order valence-corrected chi connectivity index (χ3v) is 3.36. The number of phenols is 1. The summed E-state index contributed by atoms with van der Waals surface area (Å²) in [5.74, 6) is 0.208. The van der Waals surface area contributed by atoms with Crippen molar-refractivity contribution in [2.24, 2.45) is 0 Å². The van der Waals surface area contributed by atoms with Gasteiger partial charge in [-0.05, 0) is 18.6 Å². The Bertz CT molecular complexity index is 773. The highest BCUT2D eigenvalue weighted by atomic mass is 16.3. The van der Waals surface area contributed by atoms with E-state index in [-0.39, 0.29) is 5.75 Å². The van der Waals surface area contributed by atoms with E-state index in [1.165, 1.54) is 0 Å². The smallest absolute Gasteiger partial charge is 0.125 e. The Labute approximate surface area is 125 Å². The second-order valence-corrected chi connectivity index (χ2v) is 4.60. The highest BCUT2D eigenvalue weighted by Gasteiger charge is 2.15. The van der Waals surface area contributed by atoms with Crippen molar-refractivity contribution < 1.29 is 5.11 Å². The quantitative estimate of drug-likeness (QED) is 0.706. The monoisotopic (exact) mass is 277 g/mol. The van der Waals surface area contributed by atoms with Gasteiger partial charge in [-0.2, -0.15) is 0 Å². The molecule has 0 bridgehead atoms. The molecule has 2 aromatic rings. The van der Waals surface area contributed by atoms with Crippen LogP contribution < -0.4 is 0 Å². The number of H-pyrrole nitrogens is 1. The molecule has 2 rings (SSSR count). The largest absolute Gasteiger partial charge is 0.507 e. The van der Waals surface area contributed by atoms with E-state index < -0.39 is 0 Å². The Hall–Kier alpha value is -2.74. The van der Waals surface area contributed by atoms with E-state index in [0.717, 1.165) is 33.3 Å². The van der Waals surface area contributed by atoms with E-state index >= 15 is 0 Å². The fourth-order valence-corrected chi connectivity index (χ4v) is 2.49. The van der Waals surface area contributed by atoms with Gasteiger partial charge in [0.05, 0.1) is 5.52 Å². The van der Waals surface area contributed by atoms with Crippen molar-refractivity contribution >= 4 is 35.2 Å². The summed E-state index contributed by atoms with van der Waals surface area (Å²) >= 11 is 0. The minimum absolute atomic E-state index is 0.208. The summed E-state index contributed by atoms with van der Waals surface area (Å²) < 4.78 is 0. The minimum atomic E-state index is 0.208. The Morgan fingerprint density at radius 3 is 2.38 bits per heavy atom. The standard InChI is InChI=1S/C19H19NO/c1-5-9-11-14-13(7-3)19-15(10-6-2)16(8-4)20-17(19)12-18(14)21/h5-12,20-21H,1,3-4H2,2H3/b10-6-,11-9-. The topological polar surface area (TPSA) is 36.0 Å². The van der Waals surface area contributed by atoms with Gasteiger partial charge in [0.25, 0.3) is 0 Å². The molecule has 0 aliphatic carbocycles. The van der Waals surface area contributed by atoms with E-state index in [1.807, 2.05) is 25.2 Å². The van der Waals surface area contributed by atoms with E-state index in [4.69, 9.17) is 0 Å². The molecular formula is C19H19NO. The molecule has 2 N–H and O–H groups in total. The number of hydrogen-bond acceptors (Lipinski definition) is 1. The average molecular weight is 277 g/mol. The summed E-state index contributed by atoms with van der Waals surface area (Å²) in [5, 5.41) is 11.3. The Kier molecular flexibility index (Phi) is 4.29. The molecule has 1 heterocycles. The summed E-state index contributed by atoms with van der Waals surface area (Å²) in [4.78, 5) is 3.28. The number of aromatic amines is 1. The molecule has 0 aliphatic rings. The third kappa shape index (κ3) is 2.48. The molecule has 2 nitrogen and oxygen atoms in total. The van der Waals surface area contributed by atoms with Crippen LogP contribution in [0.4, 0.5) is 0 Å². The van der Waals surface area contributed by atoms with E-state index in [2.05, 4.69) is 24.7 Å². The average Bonchev–Trinajstić information content (AvgIpc) is 2.82. The third-order valence-electron chi connectivity index (χ3n) is 3.36. The zero-order valence-corrected chi connectivity index (χ0v) is 12.2. The van der Waals surface area contributed by atoms with Crippen molar-refractivity contribution in [1.29, 1.82) is 0 Å². The molecule has 0 saturated carbocycles. The first-order valence-corrected chi connectivity index (χ1v) is 6.76. The number of aromatic nitrogens is 1. The minimum Gasteiger partial charge on any atom is -0.507 e. The number of aromatic hydroxyl groups is 1. The number of hydrogen-bond donors (Lipinski definition) is 2. The first-order valence-electron chi connectivity index (χ1n) is 6.76. The maximum atomic E-state index is 10.3. The van der Waals surface area contributed by atoms with Gasteiger partial charge in [0, 0.05) is 28.3 Å². The van der Waals surface area contributed by atoms with Gasteiger partial charge in [0.1, 0.15) is 5.75 Å². The summed E-state index contributed by atoms with van der Waals surface area (Å²) in [6.07, 6.45) is 12.9. The number of allylic oxidation sites excluding steroid dienone is 3. The van der Waals surface area contributed by atoms with Crippen LogP contribution in [-0.4, -0.2) is 10.1 Å². The van der Waals surface area contributed by atoms with E-state index in [0.29, 0.717) is 0 Å². The molecule has 0 atom stereocenters. The zero-order valence-electron chi connectivity index (χ0n) is 12.2. The summed E-state index contributed by atoms with van der Waals surface area (Å²) in [5.41, 5.74) is 4.46. The SMILES string of the molecule is C=C/C=C\c1c(O)cc2[nH]c(C=C)c(/C=C\C)c2c1C=C. The Balaban J connectivity index is 2.96. The molecule has 1 aromatic heterocycles. The molecule has 0 amide bonds. The molecule has 0 aliphatic heterocycles. The van der Waals surface area contributed by atoms with Crippen molar-refractivity contribution in [1.82, 2.24) is 4.98 Å². The molecule has 0 radical (unpaired) electrons. The fraction of sp³-hybridized carbons (Fsp3) is 0.0526. The van der Waals surface area contributed by atoms with Gasteiger partial charge in [-0.15, -0.1) is 0 Å². The van der Waals surface area contributed by atoms with Gasteiger partial charge in [-0.1, -0.05) is 56.2 Å². The van der Waals surface area contributed by atoms with E-state index in [9.17, 15) is 5.11 Å². The normalized spacial score (nSPS) is 11.5. The lowest BCUT2D eigenvalue weighted by atomic mass is 9.97. The van der Waals surface area contributed by atoms with E-state index in [1.54, 1.807) is 30.4 Å². The van der Waals surface area contributed by atoms with Crippen molar-refractivity contribution in [2.45, 2.75) is 6.92 Å². The number of benzene rings is 1. The molecule has 106 valence electrons. The summed E-state index contributed by atoms with van der Waals surface area (Å²) in [6, 6.07) is 1.73. The second-order valence-electron chi connectivity index (χ2n) is 4.60. The van der Waals surface area contributed by atoms with Crippen LogP contribution >= 0.6 is 0 Å². The zero-order chi connectivity index (χ0) is 15.4. The lowest BCUT2D eigenvalue weighted by Crippen LogP contribution is -1.86. The van der Waals surface area contributed by atoms with Gasteiger partial charge < -0.3 is 10.1 Å². The number of phenolic OH excluding ortho intramolecular Hbond substituents is 1. The number of nitrogens with one attached hydrogen (secondary N) is 1. The molecule has 2 heteroatoms. The maximum absolute atomic E-state index is 10.3. The van der Waals surface area contributed by atoms with Crippen LogP contribution in [0.3, 0.4) is 0 Å². The van der Waals surface area contributed by atoms with Crippen LogP contribution in [0.5, 0.6) is 5.75 Å². The Morgan fingerprint density at radius 1 is 1.05 bits per heavy atom. The van der Waals surface area contributed by atoms with Crippen LogP contribution in [0.15, 0.2) is 44.0 Å². The summed E-state index contributed by atoms with van der Waals surface area (Å²) in [6.45, 7) is 13.4. The van der Waals surface area contributed by atoms with Gasteiger partial charge in [-0.25, -0.2) is 0 Å². The van der Waals surface area contributed by atoms with Crippen LogP contribution in [0, 0.1) is 0 Å². The Morgan fingerprint density at radius 2 is 1.81 bits per heavy atom. The maximum Gasteiger partial charge on any atom is 0.125 e. The summed E-state index contributed by atoms with van der Waals surface area (Å²) in [7, 11) is 0. The van der Waals surface area contributed by atoms with Gasteiger partial charge in [0.2, 0.25) is 0 Å². The highest BCUT2D eigenvalue weighted by Crippen LogP contribution is 2.36.